The van der Waals surface area contributed by atoms with Gasteiger partial charge in [-0.05, 0) is 28.8 Å². The van der Waals surface area contributed by atoms with Crippen molar-refractivity contribution in [1.82, 2.24) is 4.72 Å². The van der Waals surface area contributed by atoms with Crippen LogP contribution in [0.4, 0.5) is 0 Å². The van der Waals surface area contributed by atoms with E-state index in [1.165, 1.54) is 0 Å². The van der Waals surface area contributed by atoms with Crippen molar-refractivity contribution in [2.45, 2.75) is 32.7 Å². The molecule has 1 rings (SSSR count). The van der Waals surface area contributed by atoms with E-state index < -0.39 is 10.0 Å². The lowest BCUT2D eigenvalue weighted by atomic mass is 10.3. The average molecular weight is 247 g/mol. The van der Waals surface area contributed by atoms with Gasteiger partial charge in [0.15, 0.2) is 0 Å². The lowest BCUT2D eigenvalue weighted by Gasteiger charge is -2.04. The van der Waals surface area contributed by atoms with Crippen LogP contribution in [0.5, 0.6) is 0 Å². The predicted molar refractivity (Wildman–Crippen MR) is 64.5 cm³/mol. The summed E-state index contributed by atoms with van der Waals surface area (Å²) in [5.74, 6) is 0.241. The molecule has 1 N–H and O–H groups in total. The zero-order valence-electron chi connectivity index (χ0n) is 8.90. The molecule has 15 heavy (non-hydrogen) atoms. The Kier molecular flexibility index (Phi) is 5.28. The van der Waals surface area contributed by atoms with Crippen molar-refractivity contribution in [1.29, 1.82) is 0 Å². The summed E-state index contributed by atoms with van der Waals surface area (Å²) >= 11 is 1.58. The first kappa shape index (κ1) is 12.7. The molecular formula is C10H17NO2S2. The van der Waals surface area contributed by atoms with E-state index in [0.29, 0.717) is 6.54 Å². The van der Waals surface area contributed by atoms with Crippen LogP contribution in [0.15, 0.2) is 16.8 Å². The van der Waals surface area contributed by atoms with E-state index >= 15 is 0 Å². The summed E-state index contributed by atoms with van der Waals surface area (Å²) in [6.07, 6.45) is 2.76. The molecule has 0 aromatic carbocycles. The van der Waals surface area contributed by atoms with Gasteiger partial charge in [-0.3, -0.25) is 0 Å². The van der Waals surface area contributed by atoms with Gasteiger partial charge in [0.25, 0.3) is 0 Å². The molecule has 1 aromatic heterocycles. The molecule has 0 atom stereocenters. The second kappa shape index (κ2) is 6.25. The molecule has 0 radical (unpaired) electrons. The molecule has 0 aliphatic carbocycles. The summed E-state index contributed by atoms with van der Waals surface area (Å²) < 4.78 is 25.6. The maximum absolute atomic E-state index is 11.5. The van der Waals surface area contributed by atoms with E-state index in [0.717, 1.165) is 24.8 Å². The summed E-state index contributed by atoms with van der Waals surface area (Å²) in [4.78, 5) is 0. The SMILES string of the molecule is CCCCCS(=O)(=O)NCc1ccsc1. The van der Waals surface area contributed by atoms with Gasteiger partial charge in [0.2, 0.25) is 10.0 Å². The monoisotopic (exact) mass is 247 g/mol. The third-order valence-electron chi connectivity index (χ3n) is 2.09. The van der Waals surface area contributed by atoms with E-state index in [-0.39, 0.29) is 5.75 Å². The Bertz CT molecular complexity index is 357. The highest BCUT2D eigenvalue weighted by atomic mass is 32.2. The summed E-state index contributed by atoms with van der Waals surface area (Å²) in [5.41, 5.74) is 1.03. The van der Waals surface area contributed by atoms with Gasteiger partial charge in [-0.1, -0.05) is 19.8 Å². The van der Waals surface area contributed by atoms with E-state index in [4.69, 9.17) is 0 Å². The molecule has 86 valence electrons. The summed E-state index contributed by atoms with van der Waals surface area (Å²) in [7, 11) is -3.08. The van der Waals surface area contributed by atoms with Crippen LogP contribution in [0, 0.1) is 0 Å². The fourth-order valence-corrected chi connectivity index (χ4v) is 2.98. The molecule has 0 saturated heterocycles. The minimum Gasteiger partial charge on any atom is -0.212 e. The second-order valence-corrected chi connectivity index (χ2v) is 6.19. The normalized spacial score (nSPS) is 11.8. The fraction of sp³-hybridized carbons (Fsp3) is 0.600. The van der Waals surface area contributed by atoms with Crippen LogP contribution in [0.1, 0.15) is 31.7 Å². The molecule has 1 aromatic rings. The molecule has 0 unspecified atom stereocenters. The van der Waals surface area contributed by atoms with Crippen LogP contribution >= 0.6 is 11.3 Å². The van der Waals surface area contributed by atoms with Crippen LogP contribution in [0.25, 0.3) is 0 Å². The number of sulfonamides is 1. The predicted octanol–water partition coefficient (Wildman–Crippen LogP) is 2.36. The van der Waals surface area contributed by atoms with Crippen LogP contribution < -0.4 is 4.72 Å². The lowest BCUT2D eigenvalue weighted by molar-refractivity contribution is 0.576. The third-order valence-corrected chi connectivity index (χ3v) is 4.24. The standard InChI is InChI=1S/C10H17NO2S2/c1-2-3-4-7-15(12,13)11-8-10-5-6-14-9-10/h5-6,9,11H,2-4,7-8H2,1H3. The highest BCUT2D eigenvalue weighted by Gasteiger charge is 2.08. The van der Waals surface area contributed by atoms with Gasteiger partial charge in [-0.15, -0.1) is 0 Å². The molecule has 0 saturated carbocycles. The molecule has 0 fully saturated rings. The summed E-state index contributed by atoms with van der Waals surface area (Å²) in [6.45, 7) is 2.48. The van der Waals surface area contributed by atoms with Crippen molar-refractivity contribution < 1.29 is 8.42 Å². The van der Waals surface area contributed by atoms with Gasteiger partial charge in [0, 0.05) is 6.54 Å². The number of hydrogen-bond donors (Lipinski definition) is 1. The minimum absolute atomic E-state index is 0.241. The highest BCUT2D eigenvalue weighted by Crippen LogP contribution is 2.06. The topological polar surface area (TPSA) is 46.2 Å². The van der Waals surface area contributed by atoms with Crippen LogP contribution in [-0.2, 0) is 16.6 Å². The Morgan fingerprint density at radius 1 is 1.40 bits per heavy atom. The zero-order chi connectivity index (χ0) is 11.1. The van der Waals surface area contributed by atoms with Crippen LogP contribution in [0.2, 0.25) is 0 Å². The molecular weight excluding hydrogens is 230 g/mol. The number of thiophene rings is 1. The smallest absolute Gasteiger partial charge is 0.211 e. The van der Waals surface area contributed by atoms with Crippen molar-refractivity contribution in [2.75, 3.05) is 5.75 Å². The number of unbranched alkanes of at least 4 members (excludes halogenated alkanes) is 2. The van der Waals surface area contributed by atoms with E-state index in [1.807, 2.05) is 16.8 Å². The molecule has 0 bridgehead atoms. The van der Waals surface area contributed by atoms with Crippen molar-refractivity contribution >= 4 is 21.4 Å². The molecule has 1 heterocycles. The third kappa shape index (κ3) is 5.30. The minimum atomic E-state index is -3.08. The van der Waals surface area contributed by atoms with Crippen molar-refractivity contribution in [3.8, 4) is 0 Å². The highest BCUT2D eigenvalue weighted by molar-refractivity contribution is 7.89. The molecule has 0 spiro atoms. The first-order valence-corrected chi connectivity index (χ1v) is 7.72. The van der Waals surface area contributed by atoms with Crippen LogP contribution in [-0.4, -0.2) is 14.2 Å². The Hall–Kier alpha value is -0.390. The molecule has 3 nitrogen and oxygen atoms in total. The van der Waals surface area contributed by atoms with Gasteiger partial charge in [0.05, 0.1) is 5.75 Å². The number of hydrogen-bond acceptors (Lipinski definition) is 3. The molecule has 5 heteroatoms. The van der Waals surface area contributed by atoms with Crippen molar-refractivity contribution in [3.63, 3.8) is 0 Å². The number of nitrogens with one attached hydrogen (secondary N) is 1. The average Bonchev–Trinajstić information content (AvgIpc) is 2.68. The van der Waals surface area contributed by atoms with Gasteiger partial charge >= 0.3 is 0 Å². The quantitative estimate of drug-likeness (QED) is 0.752. The Balaban J connectivity index is 2.30. The molecule has 0 aliphatic heterocycles. The summed E-state index contributed by atoms with van der Waals surface area (Å²) in [6, 6.07) is 1.93. The molecule has 0 aliphatic rings. The van der Waals surface area contributed by atoms with Gasteiger partial charge in [-0.25, -0.2) is 13.1 Å². The second-order valence-electron chi connectivity index (χ2n) is 3.48. The first-order valence-electron chi connectivity index (χ1n) is 5.12. The largest absolute Gasteiger partial charge is 0.212 e. The van der Waals surface area contributed by atoms with Gasteiger partial charge in [0.1, 0.15) is 0 Å². The van der Waals surface area contributed by atoms with Gasteiger partial charge < -0.3 is 0 Å². The Morgan fingerprint density at radius 3 is 2.80 bits per heavy atom. The van der Waals surface area contributed by atoms with Crippen LogP contribution in [0.3, 0.4) is 0 Å². The molecule has 0 amide bonds. The Morgan fingerprint density at radius 2 is 2.20 bits per heavy atom. The van der Waals surface area contributed by atoms with E-state index in [2.05, 4.69) is 11.6 Å². The van der Waals surface area contributed by atoms with Gasteiger partial charge in [-0.2, -0.15) is 11.3 Å². The maximum atomic E-state index is 11.5. The summed E-state index contributed by atoms with van der Waals surface area (Å²) in [5, 5.41) is 3.90. The van der Waals surface area contributed by atoms with E-state index in [9.17, 15) is 8.42 Å². The van der Waals surface area contributed by atoms with Crippen molar-refractivity contribution in [3.05, 3.63) is 22.4 Å². The van der Waals surface area contributed by atoms with Crippen molar-refractivity contribution in [2.24, 2.45) is 0 Å². The maximum Gasteiger partial charge on any atom is 0.211 e. The number of rotatable bonds is 7. The lowest BCUT2D eigenvalue weighted by Crippen LogP contribution is -2.25. The zero-order valence-corrected chi connectivity index (χ0v) is 10.5. The Labute approximate surface area is 95.6 Å². The van der Waals surface area contributed by atoms with E-state index in [1.54, 1.807) is 11.3 Å². The first-order chi connectivity index (χ1) is 7.14. The fourth-order valence-electron chi connectivity index (χ4n) is 1.20.